The van der Waals surface area contributed by atoms with Crippen molar-refractivity contribution in [2.24, 2.45) is 0 Å². The van der Waals surface area contributed by atoms with E-state index in [1.54, 1.807) is 17.8 Å². The fourth-order valence-electron chi connectivity index (χ4n) is 4.46. The number of halogens is 3. The van der Waals surface area contributed by atoms with E-state index in [1.807, 2.05) is 19.2 Å². The Morgan fingerprint density at radius 2 is 1.94 bits per heavy atom. The van der Waals surface area contributed by atoms with Gasteiger partial charge in [0.15, 0.2) is 0 Å². The molecule has 3 aromatic heterocycles. The van der Waals surface area contributed by atoms with Crippen molar-refractivity contribution in [3.63, 3.8) is 0 Å². The van der Waals surface area contributed by atoms with Gasteiger partial charge in [0.05, 0.1) is 30.4 Å². The Hall–Kier alpha value is -3.82. The van der Waals surface area contributed by atoms with Crippen molar-refractivity contribution < 1.29 is 23.1 Å². The number of benzene rings is 1. The Morgan fingerprint density at radius 1 is 1.21 bits per heavy atom. The van der Waals surface area contributed by atoms with Crippen LogP contribution < -0.4 is 0 Å². The molecule has 170 valence electrons. The standard InChI is InChI=1S/C23H20F3N5O2/c1-12-9-28-21-18(12)16(7-8-27-21)19-17-11-30(22(32)33)13(2)10-31(17)29-20(19)14-3-5-15(6-4-14)23(24,25)26/h3-9,13H,10-11H2,1-2H3,(H,27,28)(H,32,33)/t13-/m0/s1. The number of amides is 1. The lowest BCUT2D eigenvalue weighted by Gasteiger charge is -2.32. The predicted molar refractivity (Wildman–Crippen MR) is 116 cm³/mol. The highest BCUT2D eigenvalue weighted by molar-refractivity contribution is 6.00. The van der Waals surface area contributed by atoms with Crippen LogP contribution in [0.15, 0.2) is 42.7 Å². The summed E-state index contributed by atoms with van der Waals surface area (Å²) >= 11 is 0. The van der Waals surface area contributed by atoms with E-state index in [2.05, 4.69) is 9.97 Å². The molecule has 4 heterocycles. The molecule has 0 saturated heterocycles. The highest BCUT2D eigenvalue weighted by Gasteiger charge is 2.34. The number of hydrogen-bond acceptors (Lipinski definition) is 3. The van der Waals surface area contributed by atoms with Gasteiger partial charge < -0.3 is 10.1 Å². The smallest absolute Gasteiger partial charge is 0.416 e. The van der Waals surface area contributed by atoms with E-state index in [1.165, 1.54) is 17.0 Å². The van der Waals surface area contributed by atoms with E-state index in [0.717, 1.165) is 28.6 Å². The van der Waals surface area contributed by atoms with E-state index >= 15 is 0 Å². The molecule has 0 spiro atoms. The number of carbonyl (C=O) groups is 1. The van der Waals surface area contributed by atoms with Crippen molar-refractivity contribution in [1.82, 2.24) is 24.6 Å². The topological polar surface area (TPSA) is 87.0 Å². The second kappa shape index (κ2) is 7.36. The molecule has 7 nitrogen and oxygen atoms in total. The maximum atomic E-state index is 13.1. The van der Waals surface area contributed by atoms with Crippen molar-refractivity contribution in [2.75, 3.05) is 0 Å². The number of aromatic amines is 1. The summed E-state index contributed by atoms with van der Waals surface area (Å²) in [6.07, 6.45) is -1.99. The summed E-state index contributed by atoms with van der Waals surface area (Å²) in [7, 11) is 0. The fourth-order valence-corrected chi connectivity index (χ4v) is 4.46. The first-order valence-electron chi connectivity index (χ1n) is 10.3. The molecule has 0 fully saturated rings. The highest BCUT2D eigenvalue weighted by atomic mass is 19.4. The van der Waals surface area contributed by atoms with E-state index < -0.39 is 17.8 Å². The average Bonchev–Trinajstić information content (AvgIpc) is 3.33. The number of nitrogens with one attached hydrogen (secondary N) is 1. The summed E-state index contributed by atoms with van der Waals surface area (Å²) in [4.78, 5) is 20.7. The first kappa shape index (κ1) is 21.0. The number of alkyl halides is 3. The van der Waals surface area contributed by atoms with Crippen LogP contribution in [0, 0.1) is 6.92 Å². The van der Waals surface area contributed by atoms with Gasteiger partial charge in [-0.2, -0.15) is 18.3 Å². The van der Waals surface area contributed by atoms with Gasteiger partial charge in [0.25, 0.3) is 0 Å². The van der Waals surface area contributed by atoms with Crippen LogP contribution in [0.5, 0.6) is 0 Å². The number of carboxylic acid groups (broad SMARTS) is 1. The summed E-state index contributed by atoms with van der Waals surface area (Å²) in [6, 6.07) is 6.41. The minimum atomic E-state index is -4.44. The molecule has 33 heavy (non-hydrogen) atoms. The molecule has 1 aliphatic heterocycles. The lowest BCUT2D eigenvalue weighted by atomic mass is 9.95. The lowest BCUT2D eigenvalue weighted by molar-refractivity contribution is -0.137. The molecule has 0 unspecified atom stereocenters. The molecule has 1 aromatic carbocycles. The maximum absolute atomic E-state index is 13.1. The number of aryl methyl sites for hydroxylation is 1. The monoisotopic (exact) mass is 455 g/mol. The molecule has 1 aliphatic rings. The van der Waals surface area contributed by atoms with Crippen LogP contribution in [0.2, 0.25) is 0 Å². The summed E-state index contributed by atoms with van der Waals surface area (Å²) in [6.45, 7) is 4.20. The second-order valence-corrected chi connectivity index (χ2v) is 8.24. The largest absolute Gasteiger partial charge is 0.465 e. The molecule has 10 heteroatoms. The van der Waals surface area contributed by atoms with Gasteiger partial charge in [0, 0.05) is 28.9 Å². The van der Waals surface area contributed by atoms with Crippen LogP contribution in [-0.2, 0) is 19.3 Å². The predicted octanol–water partition coefficient (Wildman–Crippen LogP) is 5.30. The van der Waals surface area contributed by atoms with Crippen LogP contribution >= 0.6 is 0 Å². The molecule has 0 radical (unpaired) electrons. The molecule has 0 aliphatic carbocycles. The molecule has 1 amide bonds. The van der Waals surface area contributed by atoms with Gasteiger partial charge in [-0.3, -0.25) is 9.58 Å². The zero-order valence-corrected chi connectivity index (χ0v) is 17.8. The third kappa shape index (κ3) is 3.42. The summed E-state index contributed by atoms with van der Waals surface area (Å²) in [5, 5.41) is 15.3. The zero-order chi connectivity index (χ0) is 23.5. The number of rotatable bonds is 2. The third-order valence-electron chi connectivity index (χ3n) is 6.12. The van der Waals surface area contributed by atoms with Crippen LogP contribution in [-0.4, -0.2) is 41.9 Å². The van der Waals surface area contributed by atoms with E-state index in [-0.39, 0.29) is 12.6 Å². The molecule has 4 aromatic rings. The molecule has 0 bridgehead atoms. The lowest BCUT2D eigenvalue weighted by Crippen LogP contribution is -2.44. The Kier molecular flexibility index (Phi) is 4.70. The van der Waals surface area contributed by atoms with Crippen LogP contribution in [0.4, 0.5) is 18.0 Å². The number of nitrogens with zero attached hydrogens (tertiary/aromatic N) is 4. The minimum Gasteiger partial charge on any atom is -0.465 e. The van der Waals surface area contributed by atoms with E-state index in [9.17, 15) is 23.1 Å². The Morgan fingerprint density at radius 3 is 2.61 bits per heavy atom. The number of aromatic nitrogens is 4. The molecule has 2 N–H and O–H groups in total. The van der Waals surface area contributed by atoms with Crippen LogP contribution in [0.3, 0.4) is 0 Å². The Bertz CT molecular complexity index is 1370. The minimum absolute atomic E-state index is 0.118. The normalized spacial score (nSPS) is 16.3. The number of pyridine rings is 1. The Labute approximate surface area is 186 Å². The maximum Gasteiger partial charge on any atom is 0.416 e. The van der Waals surface area contributed by atoms with Crippen LogP contribution in [0.25, 0.3) is 33.4 Å². The molecular formula is C23H20F3N5O2. The summed E-state index contributed by atoms with van der Waals surface area (Å²) in [5.74, 6) is 0. The molecular weight excluding hydrogens is 435 g/mol. The van der Waals surface area contributed by atoms with Gasteiger partial charge in [-0.1, -0.05) is 12.1 Å². The van der Waals surface area contributed by atoms with E-state index in [4.69, 9.17) is 5.10 Å². The first-order valence-corrected chi connectivity index (χ1v) is 10.3. The second-order valence-electron chi connectivity index (χ2n) is 8.24. The van der Waals surface area contributed by atoms with Gasteiger partial charge in [0.1, 0.15) is 11.3 Å². The van der Waals surface area contributed by atoms with Crippen molar-refractivity contribution >= 4 is 17.1 Å². The number of fused-ring (bicyclic) bond motifs is 2. The zero-order valence-electron chi connectivity index (χ0n) is 17.8. The molecule has 1 atom stereocenters. The van der Waals surface area contributed by atoms with Crippen molar-refractivity contribution in [1.29, 1.82) is 0 Å². The molecule has 0 saturated carbocycles. The van der Waals surface area contributed by atoms with Gasteiger partial charge >= 0.3 is 12.3 Å². The number of hydrogen-bond donors (Lipinski definition) is 2. The third-order valence-corrected chi connectivity index (χ3v) is 6.12. The van der Waals surface area contributed by atoms with E-state index in [0.29, 0.717) is 34.7 Å². The van der Waals surface area contributed by atoms with Crippen molar-refractivity contribution in [3.05, 3.63) is 59.5 Å². The first-order chi connectivity index (χ1) is 15.6. The van der Waals surface area contributed by atoms with Gasteiger partial charge in [-0.15, -0.1) is 0 Å². The van der Waals surface area contributed by atoms with Gasteiger partial charge in [0.2, 0.25) is 0 Å². The highest BCUT2D eigenvalue weighted by Crippen LogP contribution is 2.41. The van der Waals surface area contributed by atoms with Crippen LogP contribution in [0.1, 0.15) is 23.7 Å². The van der Waals surface area contributed by atoms with Gasteiger partial charge in [-0.05, 0) is 43.2 Å². The summed E-state index contributed by atoms with van der Waals surface area (Å²) in [5.41, 5.74) is 4.10. The Balaban J connectivity index is 1.76. The SMILES string of the molecule is Cc1c[nH]c2nccc(-c3c(-c4ccc(C(F)(F)F)cc4)nn4c3CN(C(=O)O)[C@@H](C)C4)c12. The quantitative estimate of drug-likeness (QED) is 0.429. The van der Waals surface area contributed by atoms with Gasteiger partial charge in [-0.25, -0.2) is 9.78 Å². The number of H-pyrrole nitrogens is 1. The molecule has 5 rings (SSSR count). The van der Waals surface area contributed by atoms with Crippen molar-refractivity contribution in [2.45, 2.75) is 39.2 Å². The summed E-state index contributed by atoms with van der Waals surface area (Å²) < 4.78 is 41.1. The van der Waals surface area contributed by atoms with Crippen molar-refractivity contribution in [3.8, 4) is 22.4 Å². The fraction of sp³-hybridized carbons (Fsp3) is 0.261. The average molecular weight is 455 g/mol.